The molecule has 4 unspecified atom stereocenters. The van der Waals surface area contributed by atoms with Crippen molar-refractivity contribution in [2.24, 2.45) is 16.9 Å². The monoisotopic (exact) mass is 369 g/mol. The van der Waals surface area contributed by atoms with Crippen LogP contribution in [0.15, 0.2) is 16.9 Å². The third kappa shape index (κ3) is 6.61. The van der Waals surface area contributed by atoms with E-state index in [1.54, 1.807) is 0 Å². The first-order valence-corrected chi connectivity index (χ1v) is 10.6. The van der Waals surface area contributed by atoms with Gasteiger partial charge in [-0.2, -0.15) is 5.10 Å². The number of hydrazone groups is 1. The van der Waals surface area contributed by atoms with Crippen LogP contribution in [0.1, 0.15) is 51.4 Å². The van der Waals surface area contributed by atoms with E-state index in [0.717, 1.165) is 12.6 Å². The molecule has 5 nitrogen and oxygen atoms in total. The second-order valence-corrected chi connectivity index (χ2v) is 8.74. The van der Waals surface area contributed by atoms with Crippen LogP contribution in [-0.2, 0) is 9.59 Å². The molecule has 1 aliphatic heterocycles. The summed E-state index contributed by atoms with van der Waals surface area (Å²) in [5, 5.41) is 4.17. The fraction of sp³-hybridized carbons (Fsp3) is 0.706. The lowest BCUT2D eigenvalue weighted by Crippen LogP contribution is -2.22. The van der Waals surface area contributed by atoms with Crippen molar-refractivity contribution in [1.82, 2.24) is 10.1 Å². The van der Waals surface area contributed by atoms with Gasteiger partial charge in [-0.1, -0.05) is 9.24 Å². The first-order valence-electron chi connectivity index (χ1n) is 8.82. The van der Waals surface area contributed by atoms with Crippen LogP contribution in [0.2, 0.25) is 0 Å². The molecule has 0 spiro atoms. The smallest absolute Gasteiger partial charge is 0.225 e. The lowest BCUT2D eigenvalue weighted by Gasteiger charge is -2.27. The van der Waals surface area contributed by atoms with Crippen molar-refractivity contribution in [1.29, 1.82) is 0 Å². The Hall–Kier alpha value is -0.790. The maximum atomic E-state index is 12.1. The summed E-state index contributed by atoms with van der Waals surface area (Å²) in [5.41, 5.74) is 4.53. The quantitative estimate of drug-likeness (QED) is 0.701. The highest BCUT2D eigenvalue weighted by Crippen LogP contribution is 2.33. The Morgan fingerprint density at radius 3 is 3.00 bits per heavy atom. The molecule has 1 saturated carbocycles. The van der Waals surface area contributed by atoms with Crippen molar-refractivity contribution < 1.29 is 9.59 Å². The fourth-order valence-electron chi connectivity index (χ4n) is 3.27. The third-order valence-electron chi connectivity index (χ3n) is 4.82. The van der Waals surface area contributed by atoms with Gasteiger partial charge in [0.1, 0.15) is 5.52 Å². The number of rotatable bonds is 7. The molecule has 7 heteroatoms. The highest BCUT2D eigenvalue weighted by Gasteiger charge is 2.21. The summed E-state index contributed by atoms with van der Waals surface area (Å²) in [7, 11) is 4.62. The van der Waals surface area contributed by atoms with E-state index in [-0.39, 0.29) is 11.4 Å². The first kappa shape index (κ1) is 19.5. The van der Waals surface area contributed by atoms with Crippen LogP contribution in [0, 0.1) is 11.8 Å². The molecule has 1 N–H and O–H groups in total. The Kier molecular flexibility index (Phi) is 8.35. The number of amides is 1. The number of fused-ring (bicyclic) bond motifs is 1. The second-order valence-electron chi connectivity index (χ2n) is 6.70. The van der Waals surface area contributed by atoms with E-state index < -0.39 is 0 Å². The number of hydrogen-bond acceptors (Lipinski definition) is 4. The molecule has 24 heavy (non-hydrogen) atoms. The van der Waals surface area contributed by atoms with Gasteiger partial charge in [0.05, 0.1) is 0 Å². The van der Waals surface area contributed by atoms with Gasteiger partial charge in [0.15, 0.2) is 0 Å². The zero-order valence-electron chi connectivity index (χ0n) is 14.5. The molecule has 134 valence electrons. The molecule has 1 aliphatic carbocycles. The number of allylic oxidation sites excluding steroid dienone is 1. The average molecular weight is 369 g/mol. The largest absolute Gasteiger partial charge is 0.328 e. The van der Waals surface area contributed by atoms with Crippen LogP contribution in [0.5, 0.6) is 0 Å². The van der Waals surface area contributed by atoms with Gasteiger partial charge in [-0.25, -0.2) is 0 Å². The summed E-state index contributed by atoms with van der Waals surface area (Å²) in [6, 6.07) is 0. The van der Waals surface area contributed by atoms with Gasteiger partial charge < -0.3 is 4.67 Å². The molecule has 2 rings (SSSR count). The van der Waals surface area contributed by atoms with E-state index in [0.29, 0.717) is 39.8 Å². The summed E-state index contributed by atoms with van der Waals surface area (Å²) in [6.07, 6.45) is 12.8. The second kappa shape index (κ2) is 10.3. The molecule has 0 bridgehead atoms. The van der Waals surface area contributed by atoms with Gasteiger partial charge >= 0.3 is 0 Å². The van der Waals surface area contributed by atoms with Crippen LogP contribution < -0.4 is 5.43 Å². The van der Waals surface area contributed by atoms with E-state index >= 15 is 0 Å². The zero-order chi connectivity index (χ0) is 17.4. The molecule has 4 atom stereocenters. The van der Waals surface area contributed by atoms with Crippen LogP contribution in [0.3, 0.4) is 0 Å². The maximum Gasteiger partial charge on any atom is 0.225 e. The van der Waals surface area contributed by atoms with Gasteiger partial charge in [-0.05, 0) is 64.9 Å². The van der Waals surface area contributed by atoms with Crippen LogP contribution in [0.4, 0.5) is 0 Å². The highest BCUT2D eigenvalue weighted by atomic mass is 31.1. The number of nitrogens with zero attached hydrogens (tertiary/aromatic N) is 2. The number of carbonyl (C=O) groups is 2. The predicted molar refractivity (Wildman–Crippen MR) is 104 cm³/mol. The minimum atomic E-state index is 0.0808. The fourth-order valence-corrected chi connectivity index (χ4v) is 4.70. The Bertz CT molecular complexity index is 508. The van der Waals surface area contributed by atoms with E-state index in [1.807, 2.05) is 17.9 Å². The molecule has 0 saturated heterocycles. The van der Waals surface area contributed by atoms with Crippen LogP contribution in [-0.4, -0.2) is 35.5 Å². The number of nitrogens with one attached hydrogen (secondary N) is 1. The summed E-state index contributed by atoms with van der Waals surface area (Å²) >= 11 is 0. The molecular formula is C17H29N3O2P2. The number of hydrogen-bond donors (Lipinski definition) is 1. The molecule has 1 amide bonds. The molecule has 1 fully saturated rings. The van der Waals surface area contributed by atoms with Crippen molar-refractivity contribution >= 4 is 35.6 Å². The minimum Gasteiger partial charge on any atom is -0.328 e. The maximum absolute atomic E-state index is 12.1. The van der Waals surface area contributed by atoms with Crippen LogP contribution in [0.25, 0.3) is 0 Å². The number of carbonyl (C=O) groups excluding carboxylic acids is 2. The summed E-state index contributed by atoms with van der Waals surface area (Å²) < 4.78 is 1.86. The summed E-state index contributed by atoms with van der Waals surface area (Å²) in [6.45, 7) is 0. The third-order valence-corrected chi connectivity index (χ3v) is 6.60. The first-order chi connectivity index (χ1) is 11.6. The van der Waals surface area contributed by atoms with Crippen molar-refractivity contribution in [3.8, 4) is 0 Å². The lowest BCUT2D eigenvalue weighted by atomic mass is 9.83. The molecule has 0 aromatic carbocycles. The summed E-state index contributed by atoms with van der Waals surface area (Å²) in [4.78, 5) is 23.0. The Balaban J connectivity index is 1.70. The van der Waals surface area contributed by atoms with Crippen molar-refractivity contribution in [2.45, 2.75) is 51.4 Å². The van der Waals surface area contributed by atoms with Gasteiger partial charge in [-0.3, -0.25) is 15.0 Å². The molecule has 1 heterocycles. The van der Waals surface area contributed by atoms with Gasteiger partial charge in [-0.15, -0.1) is 0 Å². The van der Waals surface area contributed by atoms with E-state index in [2.05, 4.69) is 26.0 Å². The molecule has 0 aromatic rings. The Morgan fingerprint density at radius 2 is 2.21 bits per heavy atom. The average Bonchev–Trinajstić information content (AvgIpc) is 2.54. The molecule has 2 aliphatic rings. The van der Waals surface area contributed by atoms with Gasteiger partial charge in [0.25, 0.3) is 0 Å². The minimum absolute atomic E-state index is 0.0808. The van der Waals surface area contributed by atoms with E-state index in [4.69, 9.17) is 0 Å². The lowest BCUT2D eigenvalue weighted by molar-refractivity contribution is -0.125. The summed E-state index contributed by atoms with van der Waals surface area (Å²) in [5.74, 6) is 1.37. The topological polar surface area (TPSA) is 61.8 Å². The van der Waals surface area contributed by atoms with Crippen molar-refractivity contribution in [2.75, 3.05) is 13.2 Å². The molecule has 0 radical (unpaired) electrons. The van der Waals surface area contributed by atoms with Crippen molar-refractivity contribution in [3.63, 3.8) is 0 Å². The Morgan fingerprint density at radius 1 is 1.38 bits per heavy atom. The molecular weight excluding hydrogens is 340 g/mol. The van der Waals surface area contributed by atoms with Crippen LogP contribution >= 0.6 is 18.0 Å². The van der Waals surface area contributed by atoms with Gasteiger partial charge in [0, 0.05) is 38.2 Å². The highest BCUT2D eigenvalue weighted by molar-refractivity contribution is 7.40. The zero-order valence-corrected chi connectivity index (χ0v) is 16.6. The normalized spacial score (nSPS) is 23.8. The van der Waals surface area contributed by atoms with Crippen molar-refractivity contribution in [3.05, 3.63) is 11.8 Å². The SMILES string of the molecule is CN(PCC1CCCC2=CNN=CC2CC1)C(=O)CCCC(=O)P. The van der Waals surface area contributed by atoms with E-state index in [9.17, 15) is 9.59 Å². The van der Waals surface area contributed by atoms with Gasteiger partial charge in [0.2, 0.25) is 5.91 Å². The standard InChI is InChI=1S/C17H29N3O2P2/c1-20(16(21)6-3-7-17(22)23)24-12-13-4-2-5-14-10-18-19-11-15(14)9-8-13/h10-11,13,15,18,24H,2-9,12,23H2,1H3. The Labute approximate surface area is 149 Å². The molecule has 0 aromatic heterocycles. The van der Waals surface area contributed by atoms with E-state index in [1.165, 1.54) is 31.3 Å². The predicted octanol–water partition coefficient (Wildman–Crippen LogP) is 3.28.